The minimum absolute atomic E-state index is 0.208. The van der Waals surface area contributed by atoms with Gasteiger partial charge in [-0.2, -0.15) is 0 Å². The highest BCUT2D eigenvalue weighted by Crippen LogP contribution is 2.21. The number of nitrogen functional groups attached to an aromatic ring is 1. The number of rotatable bonds is 3. The van der Waals surface area contributed by atoms with E-state index in [9.17, 15) is 12.8 Å². The minimum atomic E-state index is -3.99. The summed E-state index contributed by atoms with van der Waals surface area (Å²) in [6.07, 6.45) is 0. The molecule has 18 heavy (non-hydrogen) atoms. The Balaban J connectivity index is 2.36. The SMILES string of the molecule is Cc1nnc(NS(=O)(=O)c2ccc(F)cc2N)o1. The van der Waals surface area contributed by atoms with Crippen molar-refractivity contribution in [2.24, 2.45) is 0 Å². The molecule has 0 bridgehead atoms. The molecule has 0 aliphatic carbocycles. The van der Waals surface area contributed by atoms with Crippen LogP contribution in [-0.2, 0) is 10.0 Å². The molecule has 7 nitrogen and oxygen atoms in total. The van der Waals surface area contributed by atoms with Crippen LogP contribution in [0.3, 0.4) is 0 Å². The Hall–Kier alpha value is -2.16. The zero-order valence-corrected chi connectivity index (χ0v) is 10.0. The molecule has 0 radical (unpaired) electrons. The molecule has 96 valence electrons. The van der Waals surface area contributed by atoms with Crippen molar-refractivity contribution in [3.63, 3.8) is 0 Å². The lowest BCUT2D eigenvalue weighted by atomic mass is 10.3. The number of nitrogens with one attached hydrogen (secondary N) is 1. The van der Waals surface area contributed by atoms with E-state index in [4.69, 9.17) is 10.2 Å². The van der Waals surface area contributed by atoms with E-state index < -0.39 is 15.8 Å². The Kier molecular flexibility index (Phi) is 2.91. The van der Waals surface area contributed by atoms with Crippen LogP contribution < -0.4 is 10.5 Å². The van der Waals surface area contributed by atoms with Gasteiger partial charge in [0.25, 0.3) is 10.0 Å². The number of halogens is 1. The van der Waals surface area contributed by atoms with E-state index in [0.717, 1.165) is 18.2 Å². The first-order chi connectivity index (χ1) is 8.38. The zero-order chi connectivity index (χ0) is 13.3. The largest absolute Gasteiger partial charge is 0.408 e. The van der Waals surface area contributed by atoms with E-state index in [2.05, 4.69) is 10.2 Å². The Bertz CT molecular complexity index is 683. The molecule has 0 fully saturated rings. The maximum absolute atomic E-state index is 12.8. The smallest absolute Gasteiger partial charge is 0.329 e. The van der Waals surface area contributed by atoms with Gasteiger partial charge in [-0.3, -0.25) is 0 Å². The van der Waals surface area contributed by atoms with Gasteiger partial charge in [-0.05, 0) is 18.2 Å². The van der Waals surface area contributed by atoms with Crippen molar-refractivity contribution < 1.29 is 17.2 Å². The number of nitrogens with two attached hydrogens (primary N) is 1. The predicted octanol–water partition coefficient (Wildman–Crippen LogP) is 0.900. The van der Waals surface area contributed by atoms with Crippen LogP contribution in [0.15, 0.2) is 27.5 Å². The van der Waals surface area contributed by atoms with Gasteiger partial charge in [0.2, 0.25) is 5.89 Å². The van der Waals surface area contributed by atoms with E-state index in [1.54, 1.807) is 0 Å². The highest BCUT2D eigenvalue weighted by molar-refractivity contribution is 7.92. The number of sulfonamides is 1. The summed E-state index contributed by atoms with van der Waals surface area (Å²) < 4.78 is 43.6. The first-order valence-corrected chi connectivity index (χ1v) is 6.25. The second-order valence-corrected chi connectivity index (χ2v) is 5.06. The monoisotopic (exact) mass is 272 g/mol. The number of nitrogens with zero attached hydrogens (tertiary/aromatic N) is 2. The lowest BCUT2D eigenvalue weighted by molar-refractivity contribution is 0.534. The first kappa shape index (κ1) is 12.3. The first-order valence-electron chi connectivity index (χ1n) is 4.76. The van der Waals surface area contributed by atoms with Gasteiger partial charge in [-0.1, -0.05) is 5.10 Å². The maximum atomic E-state index is 12.8. The lowest BCUT2D eigenvalue weighted by Crippen LogP contribution is -2.15. The van der Waals surface area contributed by atoms with Gasteiger partial charge in [0, 0.05) is 6.92 Å². The Morgan fingerprint density at radius 3 is 2.67 bits per heavy atom. The van der Waals surface area contributed by atoms with Gasteiger partial charge in [0.15, 0.2) is 0 Å². The molecule has 0 saturated heterocycles. The third-order valence-electron chi connectivity index (χ3n) is 2.01. The van der Waals surface area contributed by atoms with E-state index in [0.29, 0.717) is 0 Å². The quantitative estimate of drug-likeness (QED) is 0.803. The van der Waals surface area contributed by atoms with Crippen LogP contribution in [0.2, 0.25) is 0 Å². The topological polar surface area (TPSA) is 111 Å². The molecule has 0 amide bonds. The predicted molar refractivity (Wildman–Crippen MR) is 60.7 cm³/mol. The van der Waals surface area contributed by atoms with Crippen molar-refractivity contribution in [2.45, 2.75) is 11.8 Å². The number of hydrogen-bond acceptors (Lipinski definition) is 6. The fourth-order valence-electron chi connectivity index (χ4n) is 1.27. The minimum Gasteiger partial charge on any atom is -0.408 e. The van der Waals surface area contributed by atoms with E-state index in [-0.39, 0.29) is 22.5 Å². The summed E-state index contributed by atoms with van der Waals surface area (Å²) in [7, 11) is -3.99. The maximum Gasteiger partial charge on any atom is 0.329 e. The van der Waals surface area contributed by atoms with Crippen molar-refractivity contribution in [2.75, 3.05) is 10.5 Å². The second kappa shape index (κ2) is 4.26. The average Bonchev–Trinajstić information content (AvgIpc) is 2.62. The number of benzene rings is 1. The molecule has 3 N–H and O–H groups in total. The molecular formula is C9H9FN4O3S. The van der Waals surface area contributed by atoms with Crippen LogP contribution in [0.4, 0.5) is 16.1 Å². The summed E-state index contributed by atoms with van der Waals surface area (Å²) in [5, 5.41) is 6.95. The average molecular weight is 272 g/mol. The van der Waals surface area contributed by atoms with Crippen molar-refractivity contribution in [1.82, 2.24) is 10.2 Å². The van der Waals surface area contributed by atoms with Gasteiger partial charge in [-0.15, -0.1) is 5.10 Å². The van der Waals surface area contributed by atoms with Gasteiger partial charge < -0.3 is 10.2 Å². The highest BCUT2D eigenvalue weighted by Gasteiger charge is 2.20. The van der Waals surface area contributed by atoms with Crippen molar-refractivity contribution in [3.05, 3.63) is 29.9 Å². The van der Waals surface area contributed by atoms with E-state index in [1.165, 1.54) is 6.92 Å². The molecule has 0 unspecified atom stereocenters. The Morgan fingerprint density at radius 1 is 1.39 bits per heavy atom. The summed E-state index contributed by atoms with van der Waals surface area (Å²) in [5.74, 6) is -0.417. The summed E-state index contributed by atoms with van der Waals surface area (Å²) in [5.41, 5.74) is 5.23. The van der Waals surface area contributed by atoms with Crippen LogP contribution in [0.5, 0.6) is 0 Å². The zero-order valence-electron chi connectivity index (χ0n) is 9.21. The Labute approximate surface area is 102 Å². The van der Waals surface area contributed by atoms with Crippen LogP contribution in [0.1, 0.15) is 5.89 Å². The van der Waals surface area contributed by atoms with Crippen LogP contribution in [0.25, 0.3) is 0 Å². The molecule has 1 aromatic carbocycles. The second-order valence-electron chi connectivity index (χ2n) is 3.41. The van der Waals surface area contributed by atoms with Crippen LogP contribution >= 0.6 is 0 Å². The molecule has 2 aromatic rings. The molecule has 0 saturated carbocycles. The van der Waals surface area contributed by atoms with Gasteiger partial charge >= 0.3 is 6.01 Å². The molecule has 0 aliphatic heterocycles. The number of aromatic nitrogens is 2. The lowest BCUT2D eigenvalue weighted by Gasteiger charge is -2.06. The van der Waals surface area contributed by atoms with Crippen molar-refractivity contribution in [1.29, 1.82) is 0 Å². The van der Waals surface area contributed by atoms with Crippen LogP contribution in [-0.4, -0.2) is 18.6 Å². The molecule has 0 aliphatic rings. The number of anilines is 2. The third-order valence-corrected chi connectivity index (χ3v) is 3.40. The fraction of sp³-hybridized carbons (Fsp3) is 0.111. The normalized spacial score (nSPS) is 11.4. The summed E-state index contributed by atoms with van der Waals surface area (Å²) in [4.78, 5) is -0.264. The summed E-state index contributed by atoms with van der Waals surface area (Å²) in [6, 6.07) is 2.67. The van der Waals surface area contributed by atoms with Crippen LogP contribution in [0, 0.1) is 12.7 Å². The molecule has 2 rings (SSSR count). The molecule has 1 aromatic heterocycles. The number of aryl methyl sites for hydroxylation is 1. The van der Waals surface area contributed by atoms with Gasteiger partial charge in [0.1, 0.15) is 10.7 Å². The summed E-state index contributed by atoms with van der Waals surface area (Å²) in [6.45, 7) is 1.51. The molecule has 0 atom stereocenters. The van der Waals surface area contributed by atoms with Crippen molar-refractivity contribution in [3.8, 4) is 0 Å². The number of hydrogen-bond donors (Lipinski definition) is 2. The van der Waals surface area contributed by atoms with E-state index >= 15 is 0 Å². The standard InChI is InChI=1S/C9H9FN4O3S/c1-5-12-13-9(17-5)14-18(15,16)8-3-2-6(10)4-7(8)11/h2-4H,11H2,1H3,(H,13,14). The molecule has 0 spiro atoms. The third kappa shape index (κ3) is 2.40. The van der Waals surface area contributed by atoms with Crippen molar-refractivity contribution >= 4 is 21.7 Å². The van der Waals surface area contributed by atoms with Gasteiger partial charge in [0.05, 0.1) is 5.69 Å². The summed E-state index contributed by atoms with van der Waals surface area (Å²) >= 11 is 0. The Morgan fingerprint density at radius 2 is 2.11 bits per heavy atom. The fourth-order valence-corrected chi connectivity index (χ4v) is 2.31. The highest BCUT2D eigenvalue weighted by atomic mass is 32.2. The van der Waals surface area contributed by atoms with E-state index in [1.807, 2.05) is 4.72 Å². The molecule has 9 heteroatoms. The molecule has 1 heterocycles. The van der Waals surface area contributed by atoms with Gasteiger partial charge in [-0.25, -0.2) is 17.5 Å². The molecular weight excluding hydrogens is 263 g/mol.